The normalized spacial score (nSPS) is 25.5. The van der Waals surface area contributed by atoms with Gasteiger partial charge in [0.2, 0.25) is 0 Å². The number of hydrogen-bond acceptors (Lipinski definition) is 2. The standard InChI is InChI=1S/C19H16N2/c20-14-19(13-15-7-2-1-3-8-15)16-9-4-5-10-17(16)21-12-6-11-18(19)21/h1-11,18H,12-13H2/t18-,19-/m1/s1. The summed E-state index contributed by atoms with van der Waals surface area (Å²) in [4.78, 5) is 2.35. The van der Waals surface area contributed by atoms with E-state index < -0.39 is 5.41 Å². The summed E-state index contributed by atoms with van der Waals surface area (Å²) >= 11 is 0. The predicted molar refractivity (Wildman–Crippen MR) is 84.2 cm³/mol. The Bertz CT molecular complexity index is 742. The van der Waals surface area contributed by atoms with Crippen LogP contribution in [0, 0.1) is 11.3 Å². The summed E-state index contributed by atoms with van der Waals surface area (Å²) in [6.07, 6.45) is 5.14. The first-order valence-corrected chi connectivity index (χ1v) is 7.33. The van der Waals surface area contributed by atoms with E-state index in [0.717, 1.165) is 13.0 Å². The molecule has 4 rings (SSSR count). The van der Waals surface area contributed by atoms with Crippen molar-refractivity contribution in [1.82, 2.24) is 0 Å². The maximum atomic E-state index is 10.1. The molecule has 0 N–H and O–H groups in total. The zero-order valence-electron chi connectivity index (χ0n) is 11.7. The number of rotatable bonds is 2. The van der Waals surface area contributed by atoms with Crippen molar-refractivity contribution in [1.29, 1.82) is 5.26 Å². The minimum Gasteiger partial charge on any atom is -0.359 e. The van der Waals surface area contributed by atoms with Gasteiger partial charge in [0.15, 0.2) is 0 Å². The van der Waals surface area contributed by atoms with Crippen LogP contribution < -0.4 is 4.90 Å². The Morgan fingerprint density at radius 1 is 1.10 bits per heavy atom. The third-order valence-electron chi connectivity index (χ3n) is 4.68. The van der Waals surface area contributed by atoms with Crippen LogP contribution in [0.4, 0.5) is 5.69 Å². The zero-order chi connectivity index (χ0) is 14.3. The Labute approximate surface area is 124 Å². The largest absolute Gasteiger partial charge is 0.359 e. The molecule has 2 aromatic carbocycles. The van der Waals surface area contributed by atoms with E-state index in [1.54, 1.807) is 0 Å². The molecule has 2 heteroatoms. The molecule has 0 spiro atoms. The quantitative estimate of drug-likeness (QED) is 0.783. The maximum absolute atomic E-state index is 10.1. The summed E-state index contributed by atoms with van der Waals surface area (Å²) in [5.41, 5.74) is 3.12. The smallest absolute Gasteiger partial charge is 0.112 e. The molecular formula is C19H16N2. The van der Waals surface area contributed by atoms with E-state index in [1.165, 1.54) is 16.8 Å². The van der Waals surface area contributed by atoms with Gasteiger partial charge in [-0.3, -0.25) is 0 Å². The summed E-state index contributed by atoms with van der Waals surface area (Å²) in [6.45, 7) is 0.903. The molecule has 2 aromatic rings. The van der Waals surface area contributed by atoms with E-state index in [4.69, 9.17) is 0 Å². The minimum absolute atomic E-state index is 0.153. The number of benzene rings is 2. The molecular weight excluding hydrogens is 256 g/mol. The molecule has 0 bridgehead atoms. The molecule has 2 aliphatic heterocycles. The van der Waals surface area contributed by atoms with Gasteiger partial charge in [-0.1, -0.05) is 60.7 Å². The lowest BCUT2D eigenvalue weighted by atomic mass is 9.73. The summed E-state index contributed by atoms with van der Waals surface area (Å²) in [6, 6.07) is 21.5. The number of nitriles is 1. The first-order valence-electron chi connectivity index (χ1n) is 7.33. The summed E-state index contributed by atoms with van der Waals surface area (Å²) in [5.74, 6) is 0. The highest BCUT2D eigenvalue weighted by Gasteiger charge is 2.51. The predicted octanol–water partition coefficient (Wildman–Crippen LogP) is 3.45. The lowest BCUT2D eigenvalue weighted by Crippen LogP contribution is -2.41. The van der Waals surface area contributed by atoms with Crippen molar-refractivity contribution in [3.05, 3.63) is 77.9 Å². The summed E-state index contributed by atoms with van der Waals surface area (Å²) in [5, 5.41) is 10.1. The second-order valence-corrected chi connectivity index (χ2v) is 5.79. The van der Waals surface area contributed by atoms with E-state index >= 15 is 0 Å². The average molecular weight is 272 g/mol. The SMILES string of the molecule is N#C[C@]1(Cc2ccccc2)c2ccccc2N2CC=C[C@@H]21. The van der Waals surface area contributed by atoms with Gasteiger partial charge < -0.3 is 4.90 Å². The van der Waals surface area contributed by atoms with Crippen LogP contribution in [-0.2, 0) is 11.8 Å². The van der Waals surface area contributed by atoms with E-state index in [0.29, 0.717) is 0 Å². The molecule has 2 heterocycles. The first kappa shape index (κ1) is 12.2. The highest BCUT2D eigenvalue weighted by atomic mass is 15.2. The molecule has 21 heavy (non-hydrogen) atoms. The Kier molecular flexibility index (Phi) is 2.62. The summed E-state index contributed by atoms with van der Waals surface area (Å²) < 4.78 is 0. The van der Waals surface area contributed by atoms with E-state index in [1.807, 2.05) is 24.3 Å². The molecule has 0 aliphatic carbocycles. The molecule has 0 radical (unpaired) electrons. The van der Waals surface area contributed by atoms with Crippen molar-refractivity contribution in [2.75, 3.05) is 11.4 Å². The highest BCUT2D eigenvalue weighted by Crippen LogP contribution is 2.48. The van der Waals surface area contributed by atoms with Crippen molar-refractivity contribution in [2.45, 2.75) is 17.9 Å². The molecule has 0 amide bonds. The molecule has 2 atom stereocenters. The second-order valence-electron chi connectivity index (χ2n) is 5.79. The molecule has 2 nitrogen and oxygen atoms in total. The van der Waals surface area contributed by atoms with Crippen molar-refractivity contribution in [3.8, 4) is 6.07 Å². The molecule has 0 unspecified atom stereocenters. The lowest BCUT2D eigenvalue weighted by molar-refractivity contribution is 0.511. The molecule has 0 aromatic heterocycles. The van der Waals surface area contributed by atoms with Crippen LogP contribution in [0.3, 0.4) is 0 Å². The molecule has 0 saturated heterocycles. The number of nitrogens with zero attached hydrogens (tertiary/aromatic N) is 2. The third-order valence-corrected chi connectivity index (χ3v) is 4.68. The minimum atomic E-state index is -0.481. The van der Waals surface area contributed by atoms with Crippen molar-refractivity contribution in [3.63, 3.8) is 0 Å². The van der Waals surface area contributed by atoms with Crippen LogP contribution in [-0.4, -0.2) is 12.6 Å². The van der Waals surface area contributed by atoms with E-state index in [-0.39, 0.29) is 6.04 Å². The Morgan fingerprint density at radius 2 is 1.86 bits per heavy atom. The van der Waals surface area contributed by atoms with Crippen LogP contribution in [0.5, 0.6) is 0 Å². The van der Waals surface area contributed by atoms with Gasteiger partial charge in [0, 0.05) is 12.2 Å². The van der Waals surface area contributed by atoms with Crippen LogP contribution in [0.15, 0.2) is 66.7 Å². The average Bonchev–Trinajstić information content (AvgIpc) is 3.11. The van der Waals surface area contributed by atoms with Crippen LogP contribution in [0.2, 0.25) is 0 Å². The maximum Gasteiger partial charge on any atom is 0.112 e. The summed E-state index contributed by atoms with van der Waals surface area (Å²) in [7, 11) is 0. The second kappa shape index (κ2) is 4.49. The zero-order valence-corrected chi connectivity index (χ0v) is 11.7. The van der Waals surface area contributed by atoms with Crippen molar-refractivity contribution in [2.24, 2.45) is 0 Å². The Morgan fingerprint density at radius 3 is 2.67 bits per heavy atom. The fourth-order valence-corrected chi connectivity index (χ4v) is 3.74. The van der Waals surface area contributed by atoms with Crippen molar-refractivity contribution < 1.29 is 0 Å². The monoisotopic (exact) mass is 272 g/mol. The van der Waals surface area contributed by atoms with Gasteiger partial charge in [0.1, 0.15) is 5.41 Å². The van der Waals surface area contributed by atoms with Gasteiger partial charge in [0.25, 0.3) is 0 Å². The van der Waals surface area contributed by atoms with Gasteiger partial charge in [-0.25, -0.2) is 0 Å². The van der Waals surface area contributed by atoms with Crippen LogP contribution in [0.1, 0.15) is 11.1 Å². The lowest BCUT2D eigenvalue weighted by Gasteiger charge is -2.29. The fraction of sp³-hybridized carbons (Fsp3) is 0.211. The Balaban J connectivity index is 1.87. The van der Waals surface area contributed by atoms with Crippen LogP contribution >= 0.6 is 0 Å². The fourth-order valence-electron chi connectivity index (χ4n) is 3.74. The topological polar surface area (TPSA) is 27.0 Å². The number of anilines is 1. The van der Waals surface area contributed by atoms with Gasteiger partial charge in [-0.05, 0) is 23.6 Å². The van der Waals surface area contributed by atoms with Gasteiger partial charge in [-0.15, -0.1) is 0 Å². The molecule has 2 aliphatic rings. The van der Waals surface area contributed by atoms with Gasteiger partial charge in [0.05, 0.1) is 12.1 Å². The van der Waals surface area contributed by atoms with E-state index in [9.17, 15) is 5.26 Å². The van der Waals surface area contributed by atoms with Gasteiger partial charge >= 0.3 is 0 Å². The van der Waals surface area contributed by atoms with Gasteiger partial charge in [-0.2, -0.15) is 5.26 Å². The molecule has 0 saturated carbocycles. The number of hydrogen-bond donors (Lipinski definition) is 0. The third kappa shape index (κ3) is 1.64. The number of para-hydroxylation sites is 1. The van der Waals surface area contributed by atoms with E-state index in [2.05, 4.69) is 53.5 Å². The number of fused-ring (bicyclic) bond motifs is 3. The Hall–Kier alpha value is -2.53. The molecule has 0 fully saturated rings. The first-order chi connectivity index (χ1) is 10.3. The highest BCUT2D eigenvalue weighted by molar-refractivity contribution is 5.70. The van der Waals surface area contributed by atoms with Crippen molar-refractivity contribution >= 4 is 5.69 Å². The van der Waals surface area contributed by atoms with Crippen LogP contribution in [0.25, 0.3) is 0 Å². The molecule has 102 valence electrons.